The molecule has 28 heavy (non-hydrogen) atoms. The number of carbonyl (C=O) groups excluding carboxylic acids is 2. The molecule has 6 nitrogen and oxygen atoms in total. The van der Waals surface area contributed by atoms with Gasteiger partial charge in [0, 0.05) is 40.4 Å². The number of aromatic nitrogens is 2. The van der Waals surface area contributed by atoms with E-state index in [1.807, 2.05) is 22.9 Å². The number of pyridine rings is 1. The van der Waals surface area contributed by atoms with E-state index in [0.717, 1.165) is 14.4 Å². The molecule has 0 unspecified atom stereocenters. The van der Waals surface area contributed by atoms with Crippen molar-refractivity contribution in [3.05, 3.63) is 51.4 Å². The van der Waals surface area contributed by atoms with E-state index >= 15 is 0 Å². The monoisotopic (exact) mass is 476 g/mol. The molecular formula is C19H17BrN4O2S2. The van der Waals surface area contributed by atoms with Crippen LogP contribution in [0.25, 0.3) is 9.88 Å². The van der Waals surface area contributed by atoms with Gasteiger partial charge in [-0.3, -0.25) is 9.59 Å². The maximum absolute atomic E-state index is 12.8. The predicted molar refractivity (Wildman–Crippen MR) is 115 cm³/mol. The summed E-state index contributed by atoms with van der Waals surface area (Å²) in [5.41, 5.74) is 0.473. The van der Waals surface area contributed by atoms with Crippen molar-refractivity contribution in [3.8, 4) is 9.88 Å². The fourth-order valence-corrected chi connectivity index (χ4v) is 5.38. The summed E-state index contributed by atoms with van der Waals surface area (Å²) in [5.74, 6) is 0.341. The zero-order valence-electron chi connectivity index (χ0n) is 14.8. The minimum atomic E-state index is -0.111. The molecule has 0 radical (unpaired) electrons. The number of hydrogen-bond acceptors (Lipinski definition) is 6. The van der Waals surface area contributed by atoms with Crippen LogP contribution in [0.3, 0.4) is 0 Å². The number of amides is 2. The Labute approximate surface area is 178 Å². The van der Waals surface area contributed by atoms with E-state index < -0.39 is 0 Å². The highest BCUT2D eigenvalue weighted by atomic mass is 79.9. The third-order valence-electron chi connectivity index (χ3n) is 4.57. The smallest absolute Gasteiger partial charge is 0.273 e. The van der Waals surface area contributed by atoms with Gasteiger partial charge >= 0.3 is 0 Å². The van der Waals surface area contributed by atoms with Gasteiger partial charge in [0.15, 0.2) is 0 Å². The second-order valence-corrected chi connectivity index (χ2v) is 9.12. The van der Waals surface area contributed by atoms with Crippen LogP contribution in [0.15, 0.2) is 45.7 Å². The third kappa shape index (κ3) is 4.31. The first-order valence-electron chi connectivity index (χ1n) is 8.81. The van der Waals surface area contributed by atoms with Crippen molar-refractivity contribution in [3.63, 3.8) is 0 Å². The summed E-state index contributed by atoms with van der Waals surface area (Å²) < 4.78 is 1.02. The van der Waals surface area contributed by atoms with Gasteiger partial charge in [-0.2, -0.15) is 0 Å². The van der Waals surface area contributed by atoms with E-state index in [4.69, 9.17) is 0 Å². The summed E-state index contributed by atoms with van der Waals surface area (Å²) in [6, 6.07) is 7.41. The van der Waals surface area contributed by atoms with Gasteiger partial charge in [-0.1, -0.05) is 6.07 Å². The predicted octanol–water partition coefficient (Wildman–Crippen LogP) is 4.52. The molecule has 144 valence electrons. The molecule has 4 heterocycles. The average molecular weight is 477 g/mol. The van der Waals surface area contributed by atoms with Gasteiger partial charge in [0.25, 0.3) is 5.91 Å². The number of piperidine rings is 1. The molecule has 0 atom stereocenters. The SMILES string of the molecule is O=C(Nc1ccccn1)C1CCN(C(=O)c2csc(-c3cc(Br)cs3)n2)CC1. The number of likely N-dealkylation sites (tertiary alicyclic amines) is 1. The minimum Gasteiger partial charge on any atom is -0.337 e. The van der Waals surface area contributed by atoms with Gasteiger partial charge in [-0.05, 0) is 47.0 Å². The summed E-state index contributed by atoms with van der Waals surface area (Å²) in [4.78, 5) is 36.6. The largest absolute Gasteiger partial charge is 0.337 e. The standard InChI is InChI=1S/C19H17BrN4O2S2/c20-13-9-15(27-10-13)18-22-14(11-28-18)19(26)24-7-4-12(5-8-24)17(25)23-16-3-1-2-6-21-16/h1-3,6,9-12H,4-5,7-8H2,(H,21,23,25). The lowest BCUT2D eigenvalue weighted by atomic mass is 9.95. The number of thiophene rings is 1. The van der Waals surface area contributed by atoms with Crippen molar-refractivity contribution in [2.45, 2.75) is 12.8 Å². The Morgan fingerprint density at radius 1 is 1.18 bits per heavy atom. The molecular weight excluding hydrogens is 460 g/mol. The minimum absolute atomic E-state index is 0.0370. The normalized spacial score (nSPS) is 14.8. The quantitative estimate of drug-likeness (QED) is 0.600. The molecule has 0 spiro atoms. The number of carbonyl (C=O) groups is 2. The van der Waals surface area contributed by atoms with Crippen LogP contribution in [0.1, 0.15) is 23.3 Å². The Bertz CT molecular complexity index is 981. The van der Waals surface area contributed by atoms with E-state index in [1.54, 1.807) is 34.6 Å². The molecule has 3 aromatic rings. The van der Waals surface area contributed by atoms with Crippen LogP contribution in [-0.2, 0) is 4.79 Å². The van der Waals surface area contributed by atoms with Gasteiger partial charge < -0.3 is 10.2 Å². The van der Waals surface area contributed by atoms with Crippen LogP contribution in [-0.4, -0.2) is 39.8 Å². The lowest BCUT2D eigenvalue weighted by Gasteiger charge is -2.30. The number of anilines is 1. The van der Waals surface area contributed by atoms with Crippen LogP contribution in [0.4, 0.5) is 5.82 Å². The molecule has 0 aliphatic carbocycles. The Kier molecular flexibility index (Phi) is 5.84. The number of hydrogen-bond donors (Lipinski definition) is 1. The van der Waals surface area contributed by atoms with Crippen LogP contribution < -0.4 is 5.32 Å². The van der Waals surface area contributed by atoms with Gasteiger partial charge in [-0.25, -0.2) is 9.97 Å². The maximum atomic E-state index is 12.8. The van der Waals surface area contributed by atoms with Crippen LogP contribution in [0, 0.1) is 5.92 Å². The second kappa shape index (κ2) is 8.50. The highest BCUT2D eigenvalue weighted by molar-refractivity contribution is 9.10. The summed E-state index contributed by atoms with van der Waals surface area (Å²) in [5, 5.41) is 7.50. The number of thiazole rings is 1. The maximum Gasteiger partial charge on any atom is 0.273 e. The Morgan fingerprint density at radius 3 is 2.68 bits per heavy atom. The first-order chi connectivity index (χ1) is 13.6. The zero-order valence-corrected chi connectivity index (χ0v) is 18.0. The third-order valence-corrected chi connectivity index (χ3v) is 7.27. The summed E-state index contributed by atoms with van der Waals surface area (Å²) >= 11 is 6.51. The van der Waals surface area contributed by atoms with Crippen molar-refractivity contribution in [1.82, 2.24) is 14.9 Å². The molecule has 1 fully saturated rings. The molecule has 3 aromatic heterocycles. The molecule has 1 saturated heterocycles. The fourth-order valence-electron chi connectivity index (χ4n) is 3.08. The van der Waals surface area contributed by atoms with Crippen molar-refractivity contribution < 1.29 is 9.59 Å². The number of rotatable bonds is 4. The highest BCUT2D eigenvalue weighted by Crippen LogP contribution is 2.32. The Hall–Kier alpha value is -2.10. The van der Waals surface area contributed by atoms with Crippen LogP contribution in [0.2, 0.25) is 0 Å². The molecule has 9 heteroatoms. The van der Waals surface area contributed by atoms with E-state index in [1.165, 1.54) is 11.3 Å². The molecule has 2 amide bonds. The van der Waals surface area contributed by atoms with Crippen LogP contribution in [0.5, 0.6) is 0 Å². The van der Waals surface area contributed by atoms with E-state index in [-0.39, 0.29) is 17.7 Å². The van der Waals surface area contributed by atoms with E-state index in [2.05, 4.69) is 31.2 Å². The lowest BCUT2D eigenvalue weighted by molar-refractivity contribution is -0.121. The topological polar surface area (TPSA) is 75.2 Å². The Morgan fingerprint density at radius 2 is 2.00 bits per heavy atom. The van der Waals surface area contributed by atoms with Gasteiger partial charge in [-0.15, -0.1) is 22.7 Å². The first kappa shape index (κ1) is 19.2. The molecule has 4 rings (SSSR count). The molecule has 1 aliphatic rings. The Balaban J connectivity index is 1.34. The number of nitrogens with one attached hydrogen (secondary N) is 1. The van der Waals surface area contributed by atoms with Gasteiger partial charge in [0.2, 0.25) is 5.91 Å². The number of halogens is 1. The molecule has 0 bridgehead atoms. The summed E-state index contributed by atoms with van der Waals surface area (Å²) in [7, 11) is 0. The van der Waals surface area contributed by atoms with E-state index in [0.29, 0.717) is 37.4 Å². The summed E-state index contributed by atoms with van der Waals surface area (Å²) in [6.45, 7) is 1.10. The van der Waals surface area contributed by atoms with Gasteiger partial charge in [0.05, 0.1) is 4.88 Å². The molecule has 1 N–H and O–H groups in total. The van der Waals surface area contributed by atoms with Gasteiger partial charge in [0.1, 0.15) is 16.5 Å². The van der Waals surface area contributed by atoms with Crippen molar-refractivity contribution >= 4 is 56.2 Å². The zero-order chi connectivity index (χ0) is 19.5. The van der Waals surface area contributed by atoms with Crippen molar-refractivity contribution in [2.75, 3.05) is 18.4 Å². The lowest BCUT2D eigenvalue weighted by Crippen LogP contribution is -2.41. The van der Waals surface area contributed by atoms with Crippen LogP contribution >= 0.6 is 38.6 Å². The highest BCUT2D eigenvalue weighted by Gasteiger charge is 2.29. The molecule has 0 aromatic carbocycles. The second-order valence-electron chi connectivity index (χ2n) is 6.44. The fraction of sp³-hybridized carbons (Fsp3) is 0.263. The summed E-state index contributed by atoms with van der Waals surface area (Å²) in [6.07, 6.45) is 2.92. The molecule has 1 aliphatic heterocycles. The van der Waals surface area contributed by atoms with Crippen molar-refractivity contribution in [1.29, 1.82) is 0 Å². The number of nitrogens with zero attached hydrogens (tertiary/aromatic N) is 3. The first-order valence-corrected chi connectivity index (χ1v) is 11.4. The average Bonchev–Trinajstić information content (AvgIpc) is 3.37. The van der Waals surface area contributed by atoms with Crippen molar-refractivity contribution in [2.24, 2.45) is 5.92 Å². The van der Waals surface area contributed by atoms with E-state index in [9.17, 15) is 9.59 Å². The molecule has 0 saturated carbocycles.